The largest absolute Gasteiger partial charge is 0.394 e. The lowest BCUT2D eigenvalue weighted by molar-refractivity contribution is 0.0253. The van der Waals surface area contributed by atoms with E-state index in [9.17, 15) is 0 Å². The minimum absolute atomic E-state index is 0.286. The maximum atomic E-state index is 9.11. The zero-order valence-corrected chi connectivity index (χ0v) is 7.93. The summed E-state index contributed by atoms with van der Waals surface area (Å²) >= 11 is 0. The third-order valence-electron chi connectivity index (χ3n) is 1.81. The number of aliphatic hydroxyl groups excluding tert-OH is 4. The Hall–Kier alpha value is -0.200. The van der Waals surface area contributed by atoms with Crippen LogP contribution < -0.4 is 0 Å². The highest BCUT2D eigenvalue weighted by atomic mass is 16.3. The fourth-order valence-corrected chi connectivity index (χ4v) is 1.04. The van der Waals surface area contributed by atoms with Gasteiger partial charge >= 0.3 is 0 Å². The van der Waals surface area contributed by atoms with Gasteiger partial charge in [-0.25, -0.2) is 0 Å². The number of nitrogens with zero attached hydrogens (tertiary/aromatic N) is 1. The lowest BCUT2D eigenvalue weighted by Crippen LogP contribution is -2.40. The summed E-state index contributed by atoms with van der Waals surface area (Å²) in [6.07, 6.45) is -1.57. The maximum Gasteiger partial charge on any atom is 0.0897 e. The van der Waals surface area contributed by atoms with Gasteiger partial charge in [-0.3, -0.25) is 4.90 Å². The summed E-state index contributed by atoms with van der Waals surface area (Å²) in [5.41, 5.74) is 0. The Morgan fingerprint density at radius 2 is 1.38 bits per heavy atom. The van der Waals surface area contributed by atoms with Gasteiger partial charge in [-0.2, -0.15) is 0 Å². The van der Waals surface area contributed by atoms with Crippen LogP contribution in [0.15, 0.2) is 0 Å². The molecule has 0 radical (unpaired) electrons. The number of likely N-dealkylation sites (N-methyl/N-ethyl adjacent to an activating group) is 1. The first-order valence-corrected chi connectivity index (χ1v) is 4.44. The standard InChI is InChI=1S/C8H19NO4/c1-2-9(3-7(12)5-10)4-8(13)6-11/h7-8,10-13H,2-6H2,1H3. The Bertz CT molecular complexity index is 111. The zero-order valence-electron chi connectivity index (χ0n) is 7.93. The first-order chi connectivity index (χ1) is 6.13. The van der Waals surface area contributed by atoms with Crippen molar-refractivity contribution in [3.63, 3.8) is 0 Å². The second-order valence-corrected chi connectivity index (χ2v) is 3.02. The van der Waals surface area contributed by atoms with Gasteiger partial charge in [-0.05, 0) is 6.54 Å². The molecule has 4 N–H and O–H groups in total. The molecule has 5 nitrogen and oxygen atoms in total. The van der Waals surface area contributed by atoms with Gasteiger partial charge in [0.15, 0.2) is 0 Å². The van der Waals surface area contributed by atoms with Crippen LogP contribution in [0.3, 0.4) is 0 Å². The van der Waals surface area contributed by atoms with Gasteiger partial charge in [-0.15, -0.1) is 0 Å². The fourth-order valence-electron chi connectivity index (χ4n) is 1.04. The van der Waals surface area contributed by atoms with Crippen LogP contribution in [0, 0.1) is 0 Å². The molecular weight excluding hydrogens is 174 g/mol. The van der Waals surface area contributed by atoms with Crippen LogP contribution >= 0.6 is 0 Å². The second kappa shape index (κ2) is 7.23. The van der Waals surface area contributed by atoms with Crippen LogP contribution in [0.2, 0.25) is 0 Å². The van der Waals surface area contributed by atoms with Gasteiger partial charge in [0.1, 0.15) is 0 Å². The van der Waals surface area contributed by atoms with E-state index < -0.39 is 12.2 Å². The molecule has 0 amide bonds. The topological polar surface area (TPSA) is 84.2 Å². The Morgan fingerprint density at radius 1 is 1.00 bits per heavy atom. The molecule has 0 heterocycles. The lowest BCUT2D eigenvalue weighted by Gasteiger charge is -2.24. The number of aliphatic hydroxyl groups is 4. The second-order valence-electron chi connectivity index (χ2n) is 3.02. The van der Waals surface area contributed by atoms with E-state index in [0.717, 1.165) is 0 Å². The molecule has 0 aromatic rings. The van der Waals surface area contributed by atoms with E-state index in [-0.39, 0.29) is 13.2 Å². The fraction of sp³-hybridized carbons (Fsp3) is 1.00. The van der Waals surface area contributed by atoms with Gasteiger partial charge in [0.25, 0.3) is 0 Å². The first-order valence-electron chi connectivity index (χ1n) is 4.44. The van der Waals surface area contributed by atoms with Crippen LogP contribution in [0.4, 0.5) is 0 Å². The average Bonchev–Trinajstić information content (AvgIpc) is 2.16. The van der Waals surface area contributed by atoms with E-state index in [1.165, 1.54) is 0 Å². The molecule has 0 rings (SSSR count). The Morgan fingerprint density at radius 3 is 1.62 bits per heavy atom. The van der Waals surface area contributed by atoms with Gasteiger partial charge in [0, 0.05) is 13.1 Å². The van der Waals surface area contributed by atoms with Crippen molar-refractivity contribution < 1.29 is 20.4 Å². The van der Waals surface area contributed by atoms with E-state index >= 15 is 0 Å². The minimum Gasteiger partial charge on any atom is -0.394 e. The van der Waals surface area contributed by atoms with Crippen molar-refractivity contribution in [3.05, 3.63) is 0 Å². The molecule has 2 unspecified atom stereocenters. The quantitative estimate of drug-likeness (QED) is 0.376. The van der Waals surface area contributed by atoms with Crippen molar-refractivity contribution in [1.29, 1.82) is 0 Å². The first kappa shape index (κ1) is 12.8. The number of hydrogen-bond donors (Lipinski definition) is 4. The van der Waals surface area contributed by atoms with Crippen molar-refractivity contribution in [1.82, 2.24) is 4.90 Å². The predicted octanol–water partition coefficient (Wildman–Crippen LogP) is -1.99. The molecule has 0 spiro atoms. The van der Waals surface area contributed by atoms with Gasteiger partial charge in [0.05, 0.1) is 25.4 Å². The van der Waals surface area contributed by atoms with E-state index in [0.29, 0.717) is 19.6 Å². The summed E-state index contributed by atoms with van der Waals surface area (Å²) in [4.78, 5) is 1.77. The molecule has 0 aromatic carbocycles. The smallest absolute Gasteiger partial charge is 0.0897 e. The molecule has 0 saturated carbocycles. The van der Waals surface area contributed by atoms with E-state index in [4.69, 9.17) is 20.4 Å². The number of rotatable bonds is 7. The molecule has 0 fully saturated rings. The lowest BCUT2D eigenvalue weighted by atomic mass is 10.3. The van der Waals surface area contributed by atoms with Crippen LogP contribution in [0.25, 0.3) is 0 Å². The molecule has 0 bridgehead atoms. The highest BCUT2D eigenvalue weighted by Gasteiger charge is 2.12. The zero-order chi connectivity index (χ0) is 10.3. The average molecular weight is 193 g/mol. The van der Waals surface area contributed by atoms with Crippen molar-refractivity contribution in [3.8, 4) is 0 Å². The summed E-state index contributed by atoms with van der Waals surface area (Å²) in [5.74, 6) is 0. The predicted molar refractivity (Wildman–Crippen MR) is 48.3 cm³/mol. The van der Waals surface area contributed by atoms with Crippen LogP contribution in [-0.2, 0) is 0 Å². The van der Waals surface area contributed by atoms with Crippen molar-refractivity contribution in [2.75, 3.05) is 32.8 Å². The van der Waals surface area contributed by atoms with Crippen molar-refractivity contribution >= 4 is 0 Å². The highest BCUT2D eigenvalue weighted by molar-refractivity contribution is 4.66. The monoisotopic (exact) mass is 193 g/mol. The maximum absolute atomic E-state index is 9.11. The molecule has 80 valence electrons. The van der Waals surface area contributed by atoms with Crippen molar-refractivity contribution in [2.45, 2.75) is 19.1 Å². The molecular formula is C8H19NO4. The highest BCUT2D eigenvalue weighted by Crippen LogP contribution is 1.94. The Labute approximate surface area is 78.2 Å². The van der Waals surface area contributed by atoms with Gasteiger partial charge in [0.2, 0.25) is 0 Å². The molecule has 0 aliphatic rings. The molecule has 0 aliphatic heterocycles. The Balaban J connectivity index is 3.74. The normalized spacial score (nSPS) is 16.2. The molecule has 5 heteroatoms. The third kappa shape index (κ3) is 5.95. The van der Waals surface area contributed by atoms with Gasteiger partial charge < -0.3 is 20.4 Å². The summed E-state index contributed by atoms with van der Waals surface area (Å²) in [6.45, 7) is 2.59. The molecule has 0 saturated heterocycles. The SMILES string of the molecule is CCN(CC(O)CO)CC(O)CO. The third-order valence-corrected chi connectivity index (χ3v) is 1.81. The summed E-state index contributed by atoms with van der Waals surface area (Å²) in [5, 5.41) is 35.4. The summed E-state index contributed by atoms with van der Waals surface area (Å²) in [6, 6.07) is 0. The molecule has 2 atom stereocenters. The van der Waals surface area contributed by atoms with Crippen molar-refractivity contribution in [2.24, 2.45) is 0 Å². The van der Waals surface area contributed by atoms with Crippen LogP contribution in [0.1, 0.15) is 6.92 Å². The van der Waals surface area contributed by atoms with Crippen LogP contribution in [0.5, 0.6) is 0 Å². The van der Waals surface area contributed by atoms with Crippen LogP contribution in [-0.4, -0.2) is 70.4 Å². The number of hydrogen-bond acceptors (Lipinski definition) is 5. The van der Waals surface area contributed by atoms with E-state index in [1.807, 2.05) is 6.92 Å². The van der Waals surface area contributed by atoms with Gasteiger partial charge in [-0.1, -0.05) is 6.92 Å². The molecule has 13 heavy (non-hydrogen) atoms. The molecule has 0 aliphatic carbocycles. The van der Waals surface area contributed by atoms with E-state index in [2.05, 4.69) is 0 Å². The molecule has 0 aromatic heterocycles. The summed E-state index contributed by atoms with van der Waals surface area (Å²) < 4.78 is 0. The Kier molecular flexibility index (Phi) is 7.12. The van der Waals surface area contributed by atoms with E-state index in [1.54, 1.807) is 4.90 Å². The minimum atomic E-state index is -0.786. The summed E-state index contributed by atoms with van der Waals surface area (Å²) in [7, 11) is 0.